The molecule has 0 aliphatic heterocycles. The van der Waals surface area contributed by atoms with E-state index in [9.17, 15) is 4.79 Å². The molecule has 0 bridgehead atoms. The fourth-order valence-electron chi connectivity index (χ4n) is 1.43. The van der Waals surface area contributed by atoms with E-state index < -0.39 is 0 Å². The molecule has 0 fully saturated rings. The first kappa shape index (κ1) is 10.4. The van der Waals surface area contributed by atoms with Crippen molar-refractivity contribution < 1.29 is 9.21 Å². The molecule has 0 aliphatic rings. The van der Waals surface area contributed by atoms with E-state index in [2.05, 4.69) is 15.5 Å². The van der Waals surface area contributed by atoms with Crippen LogP contribution in [0.15, 0.2) is 29.0 Å². The summed E-state index contributed by atoms with van der Waals surface area (Å²) in [6, 6.07) is 5.53. The van der Waals surface area contributed by atoms with Gasteiger partial charge >= 0.3 is 0 Å². The Labute approximate surface area is 92.5 Å². The van der Waals surface area contributed by atoms with Crippen LogP contribution in [0.25, 0.3) is 11.5 Å². The molecule has 0 atom stereocenters. The predicted molar refractivity (Wildman–Crippen MR) is 58.8 cm³/mol. The second-order valence-corrected chi connectivity index (χ2v) is 3.45. The third-order valence-corrected chi connectivity index (χ3v) is 2.14. The smallest absolute Gasteiger partial charge is 0.247 e. The number of hydrogen-bond acceptors (Lipinski definition) is 4. The van der Waals surface area contributed by atoms with Crippen LogP contribution in [-0.2, 0) is 4.79 Å². The Morgan fingerprint density at radius 3 is 2.81 bits per heavy atom. The highest BCUT2D eigenvalue weighted by Gasteiger charge is 2.06. The van der Waals surface area contributed by atoms with Gasteiger partial charge in [-0.2, -0.15) is 0 Å². The molecule has 5 nitrogen and oxygen atoms in total. The lowest BCUT2D eigenvalue weighted by Crippen LogP contribution is -2.06. The van der Waals surface area contributed by atoms with Crippen molar-refractivity contribution in [2.75, 3.05) is 5.32 Å². The van der Waals surface area contributed by atoms with Gasteiger partial charge in [-0.25, -0.2) is 0 Å². The Balaban J connectivity index is 2.33. The highest BCUT2D eigenvalue weighted by molar-refractivity contribution is 5.89. The first-order valence-corrected chi connectivity index (χ1v) is 4.81. The van der Waals surface area contributed by atoms with Gasteiger partial charge in [0.2, 0.25) is 18.2 Å². The Bertz CT molecular complexity index is 506. The molecule has 5 heteroatoms. The van der Waals surface area contributed by atoms with E-state index in [1.165, 1.54) is 13.3 Å². The minimum absolute atomic E-state index is 0.0892. The molecule has 1 amide bonds. The number of hydrogen-bond donors (Lipinski definition) is 1. The van der Waals surface area contributed by atoms with Crippen LogP contribution in [0.4, 0.5) is 5.69 Å². The van der Waals surface area contributed by atoms with Crippen LogP contribution in [0.1, 0.15) is 12.5 Å². The Morgan fingerprint density at radius 2 is 2.25 bits per heavy atom. The van der Waals surface area contributed by atoms with E-state index in [0.717, 1.165) is 16.8 Å². The SMILES string of the molecule is CC(=O)Nc1ccc(-c2nnco2)cc1C. The fourth-order valence-corrected chi connectivity index (χ4v) is 1.43. The third-order valence-electron chi connectivity index (χ3n) is 2.14. The van der Waals surface area contributed by atoms with E-state index in [4.69, 9.17) is 4.42 Å². The molecular weight excluding hydrogens is 206 g/mol. The maximum Gasteiger partial charge on any atom is 0.247 e. The van der Waals surface area contributed by atoms with Crippen molar-refractivity contribution in [1.82, 2.24) is 10.2 Å². The van der Waals surface area contributed by atoms with Crippen molar-refractivity contribution in [1.29, 1.82) is 0 Å². The summed E-state index contributed by atoms with van der Waals surface area (Å²) in [6.07, 6.45) is 1.28. The summed E-state index contributed by atoms with van der Waals surface area (Å²) < 4.78 is 5.09. The van der Waals surface area contributed by atoms with Gasteiger partial charge in [-0.15, -0.1) is 10.2 Å². The van der Waals surface area contributed by atoms with Crippen LogP contribution in [0.5, 0.6) is 0 Å². The van der Waals surface area contributed by atoms with Gasteiger partial charge in [-0.1, -0.05) is 0 Å². The largest absolute Gasteiger partial charge is 0.423 e. The molecule has 0 unspecified atom stereocenters. The summed E-state index contributed by atoms with van der Waals surface area (Å²) >= 11 is 0. The quantitative estimate of drug-likeness (QED) is 0.835. The number of aryl methyl sites for hydroxylation is 1. The number of nitrogens with zero attached hydrogens (tertiary/aromatic N) is 2. The summed E-state index contributed by atoms with van der Waals surface area (Å²) in [7, 11) is 0. The molecule has 1 heterocycles. The lowest BCUT2D eigenvalue weighted by molar-refractivity contribution is -0.114. The van der Waals surface area contributed by atoms with Crippen molar-refractivity contribution in [2.45, 2.75) is 13.8 Å². The number of nitrogens with one attached hydrogen (secondary N) is 1. The molecule has 0 radical (unpaired) electrons. The standard InChI is InChI=1S/C11H11N3O2/c1-7-5-9(11-14-12-6-16-11)3-4-10(7)13-8(2)15/h3-6H,1-2H3,(H,13,15). The maximum absolute atomic E-state index is 10.9. The van der Waals surface area contributed by atoms with Crippen molar-refractivity contribution in [3.05, 3.63) is 30.2 Å². The minimum Gasteiger partial charge on any atom is -0.423 e. The normalized spacial score (nSPS) is 10.1. The molecular formula is C11H11N3O2. The van der Waals surface area contributed by atoms with E-state index in [1.807, 2.05) is 25.1 Å². The number of benzene rings is 1. The number of carbonyl (C=O) groups excluding carboxylic acids is 1. The number of amides is 1. The first-order chi connectivity index (χ1) is 7.66. The van der Waals surface area contributed by atoms with Gasteiger partial charge in [-0.05, 0) is 30.7 Å². The van der Waals surface area contributed by atoms with Crippen molar-refractivity contribution in [3.63, 3.8) is 0 Å². The van der Waals surface area contributed by atoms with Crippen LogP contribution in [0.3, 0.4) is 0 Å². The van der Waals surface area contributed by atoms with Gasteiger partial charge in [0.05, 0.1) is 0 Å². The van der Waals surface area contributed by atoms with E-state index in [0.29, 0.717) is 5.89 Å². The lowest BCUT2D eigenvalue weighted by Gasteiger charge is -2.06. The number of rotatable bonds is 2. The Kier molecular flexibility index (Phi) is 2.68. The molecule has 2 aromatic rings. The third kappa shape index (κ3) is 2.08. The number of aromatic nitrogens is 2. The summed E-state index contributed by atoms with van der Waals surface area (Å²) in [5.41, 5.74) is 2.57. The topological polar surface area (TPSA) is 68.0 Å². The Morgan fingerprint density at radius 1 is 1.44 bits per heavy atom. The molecule has 0 saturated heterocycles. The first-order valence-electron chi connectivity index (χ1n) is 4.81. The molecule has 2 rings (SSSR count). The fraction of sp³-hybridized carbons (Fsp3) is 0.182. The van der Waals surface area contributed by atoms with Crippen molar-refractivity contribution in [3.8, 4) is 11.5 Å². The van der Waals surface area contributed by atoms with Crippen molar-refractivity contribution in [2.24, 2.45) is 0 Å². The van der Waals surface area contributed by atoms with E-state index >= 15 is 0 Å². The van der Waals surface area contributed by atoms with Gasteiger partial charge in [-0.3, -0.25) is 4.79 Å². The van der Waals surface area contributed by atoms with Crippen LogP contribution in [0, 0.1) is 6.92 Å². The average Bonchev–Trinajstić information content (AvgIpc) is 2.73. The second kappa shape index (κ2) is 4.14. The van der Waals surface area contributed by atoms with Gasteiger partial charge in [0.1, 0.15) is 0 Å². The van der Waals surface area contributed by atoms with Gasteiger partial charge in [0.15, 0.2) is 0 Å². The summed E-state index contributed by atoms with van der Waals surface area (Å²) in [5, 5.41) is 10.2. The zero-order chi connectivity index (χ0) is 11.5. The van der Waals surface area contributed by atoms with Gasteiger partial charge in [0.25, 0.3) is 0 Å². The van der Waals surface area contributed by atoms with E-state index in [1.54, 1.807) is 0 Å². The van der Waals surface area contributed by atoms with Crippen LogP contribution in [-0.4, -0.2) is 16.1 Å². The zero-order valence-corrected chi connectivity index (χ0v) is 9.02. The Hall–Kier alpha value is -2.17. The lowest BCUT2D eigenvalue weighted by atomic mass is 10.1. The maximum atomic E-state index is 10.9. The van der Waals surface area contributed by atoms with Gasteiger partial charge in [0, 0.05) is 18.2 Å². The van der Waals surface area contributed by atoms with Crippen LogP contribution < -0.4 is 5.32 Å². The molecule has 1 aromatic carbocycles. The molecule has 82 valence electrons. The van der Waals surface area contributed by atoms with Crippen LogP contribution >= 0.6 is 0 Å². The van der Waals surface area contributed by atoms with E-state index in [-0.39, 0.29) is 5.91 Å². The monoisotopic (exact) mass is 217 g/mol. The predicted octanol–water partition coefficient (Wildman–Crippen LogP) is 2.00. The molecule has 16 heavy (non-hydrogen) atoms. The summed E-state index contributed by atoms with van der Waals surface area (Å²) in [5.74, 6) is 0.381. The zero-order valence-electron chi connectivity index (χ0n) is 9.02. The summed E-state index contributed by atoms with van der Waals surface area (Å²) in [6.45, 7) is 3.39. The number of carbonyl (C=O) groups is 1. The number of anilines is 1. The molecule has 0 spiro atoms. The molecule has 1 aromatic heterocycles. The molecule has 0 saturated carbocycles. The average molecular weight is 217 g/mol. The minimum atomic E-state index is -0.0892. The second-order valence-electron chi connectivity index (χ2n) is 3.45. The molecule has 0 aliphatic carbocycles. The van der Waals surface area contributed by atoms with Crippen LogP contribution in [0.2, 0.25) is 0 Å². The highest BCUT2D eigenvalue weighted by atomic mass is 16.4. The van der Waals surface area contributed by atoms with Crippen molar-refractivity contribution >= 4 is 11.6 Å². The molecule has 1 N–H and O–H groups in total. The summed E-state index contributed by atoms with van der Waals surface area (Å²) in [4.78, 5) is 10.9. The highest BCUT2D eigenvalue weighted by Crippen LogP contribution is 2.22. The van der Waals surface area contributed by atoms with Gasteiger partial charge < -0.3 is 9.73 Å².